The molecule has 7 nitrogen and oxygen atoms in total. The molecule has 3 fully saturated rings. The summed E-state index contributed by atoms with van der Waals surface area (Å²) >= 11 is 0. The molecular weight excluding hydrogens is 344 g/mol. The first-order valence-corrected chi connectivity index (χ1v) is 10.3. The van der Waals surface area contributed by atoms with E-state index >= 15 is 0 Å². The van der Waals surface area contributed by atoms with Gasteiger partial charge in [0.25, 0.3) is 0 Å². The number of hydrogen-bond donors (Lipinski definition) is 1. The van der Waals surface area contributed by atoms with E-state index in [4.69, 9.17) is 9.47 Å². The van der Waals surface area contributed by atoms with Crippen LogP contribution in [0.1, 0.15) is 38.5 Å². The number of hydrogen-bond acceptors (Lipinski definition) is 5. The van der Waals surface area contributed by atoms with E-state index in [9.17, 15) is 4.79 Å². The van der Waals surface area contributed by atoms with Gasteiger partial charge in [-0.3, -0.25) is 0 Å². The minimum absolute atomic E-state index is 0.100. The number of nitrogens with one attached hydrogen (secondary N) is 1. The van der Waals surface area contributed by atoms with Crippen molar-refractivity contribution in [3.63, 3.8) is 0 Å². The average molecular weight is 374 g/mol. The maximum absolute atomic E-state index is 12.9. The van der Waals surface area contributed by atoms with Gasteiger partial charge in [-0.25, -0.2) is 9.78 Å². The second kappa shape index (κ2) is 8.89. The zero-order valence-corrected chi connectivity index (χ0v) is 15.9. The molecule has 4 rings (SSSR count). The zero-order valence-electron chi connectivity index (χ0n) is 15.9. The predicted octanol–water partition coefficient (Wildman–Crippen LogP) is 2.87. The predicted molar refractivity (Wildman–Crippen MR) is 104 cm³/mol. The lowest BCUT2D eigenvalue weighted by Crippen LogP contribution is -2.44. The number of ether oxygens (including phenoxy) is 2. The lowest BCUT2D eigenvalue weighted by Gasteiger charge is -2.28. The van der Waals surface area contributed by atoms with Gasteiger partial charge in [0.2, 0.25) is 0 Å². The summed E-state index contributed by atoms with van der Waals surface area (Å²) in [6.07, 6.45) is 8.64. The fourth-order valence-electron chi connectivity index (χ4n) is 4.10. The number of carbonyl (C=O) groups is 1. The summed E-state index contributed by atoms with van der Waals surface area (Å²) in [5.74, 6) is 0.987. The van der Waals surface area contributed by atoms with Gasteiger partial charge in [-0.2, -0.15) is 0 Å². The summed E-state index contributed by atoms with van der Waals surface area (Å²) in [6, 6.07) is 3.83. The van der Waals surface area contributed by atoms with Crippen molar-refractivity contribution in [2.24, 2.45) is 0 Å². The molecule has 0 aromatic carbocycles. The highest BCUT2D eigenvalue weighted by Crippen LogP contribution is 2.21. The first-order valence-electron chi connectivity index (χ1n) is 10.3. The Morgan fingerprint density at radius 3 is 2.26 bits per heavy atom. The molecule has 2 atom stereocenters. The monoisotopic (exact) mass is 374 g/mol. The van der Waals surface area contributed by atoms with E-state index in [-0.39, 0.29) is 18.2 Å². The van der Waals surface area contributed by atoms with Crippen LogP contribution >= 0.6 is 0 Å². The fraction of sp³-hybridized carbons (Fsp3) is 0.700. The van der Waals surface area contributed by atoms with Crippen LogP contribution in [0.4, 0.5) is 16.3 Å². The summed E-state index contributed by atoms with van der Waals surface area (Å²) < 4.78 is 11.5. The van der Waals surface area contributed by atoms with Gasteiger partial charge in [0.05, 0.1) is 24.1 Å². The first kappa shape index (κ1) is 18.5. The third-order valence-corrected chi connectivity index (χ3v) is 5.61. The molecule has 4 heterocycles. The number of pyridine rings is 1. The van der Waals surface area contributed by atoms with Crippen LogP contribution in [0.3, 0.4) is 0 Å². The van der Waals surface area contributed by atoms with Crippen molar-refractivity contribution in [3.8, 4) is 0 Å². The summed E-state index contributed by atoms with van der Waals surface area (Å²) in [7, 11) is 0. The Hall–Kier alpha value is -1.86. The van der Waals surface area contributed by atoms with Crippen molar-refractivity contribution in [3.05, 3.63) is 18.3 Å². The maximum atomic E-state index is 12.9. The van der Waals surface area contributed by atoms with E-state index < -0.39 is 0 Å². The lowest BCUT2D eigenvalue weighted by atomic mass is 10.2. The molecule has 27 heavy (non-hydrogen) atoms. The Bertz CT molecular complexity index is 588. The van der Waals surface area contributed by atoms with Crippen molar-refractivity contribution >= 4 is 17.5 Å². The van der Waals surface area contributed by atoms with Gasteiger partial charge < -0.3 is 24.6 Å². The molecule has 148 valence electrons. The van der Waals surface area contributed by atoms with Gasteiger partial charge in [-0.1, -0.05) is 0 Å². The standard InChI is InChI=1S/C20H30N4O3/c25-20(22-16-7-8-19(21-13-16)23-9-1-2-10-23)24(14-17-5-3-11-26-17)15-18-6-4-12-27-18/h7-8,13,17-18H,1-6,9-12,14-15H2,(H,22,25). The van der Waals surface area contributed by atoms with E-state index in [2.05, 4.69) is 15.2 Å². The molecule has 0 radical (unpaired) electrons. The molecule has 0 spiro atoms. The highest BCUT2D eigenvalue weighted by molar-refractivity contribution is 5.89. The van der Waals surface area contributed by atoms with E-state index in [1.54, 1.807) is 6.20 Å². The minimum Gasteiger partial charge on any atom is -0.376 e. The molecular formula is C20H30N4O3. The molecule has 0 saturated carbocycles. The maximum Gasteiger partial charge on any atom is 0.322 e. The van der Waals surface area contributed by atoms with E-state index in [0.717, 1.165) is 63.5 Å². The third kappa shape index (κ3) is 4.90. The molecule has 3 aliphatic heterocycles. The van der Waals surface area contributed by atoms with Crippen LogP contribution in [0.2, 0.25) is 0 Å². The first-order chi connectivity index (χ1) is 13.3. The Kier molecular flexibility index (Phi) is 6.09. The van der Waals surface area contributed by atoms with Crippen molar-refractivity contribution < 1.29 is 14.3 Å². The highest BCUT2D eigenvalue weighted by atomic mass is 16.5. The number of amides is 2. The number of anilines is 2. The zero-order chi connectivity index (χ0) is 18.5. The molecule has 2 amide bonds. The fourth-order valence-corrected chi connectivity index (χ4v) is 4.10. The Morgan fingerprint density at radius 1 is 1.07 bits per heavy atom. The Balaban J connectivity index is 1.37. The molecule has 2 unspecified atom stereocenters. The van der Waals surface area contributed by atoms with Crippen LogP contribution in [-0.2, 0) is 9.47 Å². The summed E-state index contributed by atoms with van der Waals surface area (Å²) in [4.78, 5) is 21.5. The highest BCUT2D eigenvalue weighted by Gasteiger charge is 2.27. The van der Waals surface area contributed by atoms with E-state index in [0.29, 0.717) is 13.1 Å². The summed E-state index contributed by atoms with van der Waals surface area (Å²) in [6.45, 7) is 4.95. The topological polar surface area (TPSA) is 66.9 Å². The van der Waals surface area contributed by atoms with Gasteiger partial charge >= 0.3 is 6.03 Å². The largest absolute Gasteiger partial charge is 0.376 e. The Morgan fingerprint density at radius 2 is 1.74 bits per heavy atom. The summed E-state index contributed by atoms with van der Waals surface area (Å²) in [5, 5.41) is 3.00. The van der Waals surface area contributed by atoms with Crippen molar-refractivity contribution in [2.75, 3.05) is 49.6 Å². The molecule has 0 aliphatic carbocycles. The minimum atomic E-state index is -0.100. The van der Waals surface area contributed by atoms with Crippen molar-refractivity contribution in [2.45, 2.75) is 50.7 Å². The van der Waals surface area contributed by atoms with Crippen LogP contribution in [0.15, 0.2) is 18.3 Å². The molecule has 7 heteroatoms. The number of carbonyl (C=O) groups excluding carboxylic acids is 1. The van der Waals surface area contributed by atoms with Crippen LogP contribution < -0.4 is 10.2 Å². The van der Waals surface area contributed by atoms with Gasteiger partial charge in [-0.15, -0.1) is 0 Å². The van der Waals surface area contributed by atoms with E-state index in [1.807, 2.05) is 17.0 Å². The van der Waals surface area contributed by atoms with Crippen LogP contribution in [0.25, 0.3) is 0 Å². The van der Waals surface area contributed by atoms with Crippen LogP contribution in [0.5, 0.6) is 0 Å². The van der Waals surface area contributed by atoms with Gasteiger partial charge in [-0.05, 0) is 50.7 Å². The van der Waals surface area contributed by atoms with Crippen molar-refractivity contribution in [1.29, 1.82) is 0 Å². The number of aromatic nitrogens is 1. The summed E-state index contributed by atoms with van der Waals surface area (Å²) in [5.41, 5.74) is 0.729. The SMILES string of the molecule is O=C(Nc1ccc(N2CCCC2)nc1)N(CC1CCCO1)CC1CCCO1. The number of rotatable bonds is 6. The third-order valence-electron chi connectivity index (χ3n) is 5.61. The second-order valence-corrected chi connectivity index (χ2v) is 7.70. The van der Waals surface area contributed by atoms with Gasteiger partial charge in [0.1, 0.15) is 5.82 Å². The number of nitrogens with zero attached hydrogens (tertiary/aromatic N) is 3. The van der Waals surface area contributed by atoms with Gasteiger partial charge in [0, 0.05) is 39.4 Å². The van der Waals surface area contributed by atoms with Gasteiger partial charge in [0.15, 0.2) is 0 Å². The molecule has 1 aromatic heterocycles. The van der Waals surface area contributed by atoms with E-state index in [1.165, 1.54) is 12.8 Å². The normalized spacial score (nSPS) is 25.1. The molecule has 1 aromatic rings. The second-order valence-electron chi connectivity index (χ2n) is 7.70. The molecule has 1 N–H and O–H groups in total. The average Bonchev–Trinajstić information content (AvgIpc) is 3.45. The molecule has 3 aliphatic rings. The molecule has 0 bridgehead atoms. The number of urea groups is 1. The molecule has 3 saturated heterocycles. The van der Waals surface area contributed by atoms with Crippen molar-refractivity contribution in [1.82, 2.24) is 9.88 Å². The van der Waals surface area contributed by atoms with Crippen LogP contribution in [0, 0.1) is 0 Å². The quantitative estimate of drug-likeness (QED) is 0.829. The van der Waals surface area contributed by atoms with Crippen LogP contribution in [-0.4, -0.2) is 67.5 Å². The lowest BCUT2D eigenvalue weighted by molar-refractivity contribution is 0.0524. The Labute approximate surface area is 161 Å². The smallest absolute Gasteiger partial charge is 0.322 e.